The number of rotatable bonds is 24. The number of hydrogen-bond acceptors (Lipinski definition) is 4. The molecule has 0 amide bonds. The van der Waals surface area contributed by atoms with Crippen LogP contribution in [0.25, 0.3) is 0 Å². The first kappa shape index (κ1) is 33.9. The Labute approximate surface area is 218 Å². The van der Waals surface area contributed by atoms with Gasteiger partial charge in [-0.05, 0) is 30.6 Å². The lowest BCUT2D eigenvalue weighted by Gasteiger charge is -2.20. The molecule has 0 heterocycles. The maximum Gasteiger partial charge on any atom is 0.309 e. The summed E-state index contributed by atoms with van der Waals surface area (Å²) in [6, 6.07) is 0. The van der Waals surface area contributed by atoms with Crippen molar-refractivity contribution in [2.45, 2.75) is 151 Å². The van der Waals surface area contributed by atoms with E-state index >= 15 is 0 Å². The highest BCUT2D eigenvalue weighted by molar-refractivity contribution is 5.72. The lowest BCUT2D eigenvalue weighted by Crippen LogP contribution is -2.24. The molecule has 0 fully saturated rings. The zero-order chi connectivity index (χ0) is 26.3. The van der Waals surface area contributed by atoms with Crippen molar-refractivity contribution in [2.75, 3.05) is 13.2 Å². The van der Waals surface area contributed by atoms with Crippen LogP contribution in [-0.2, 0) is 19.1 Å². The molecular formula is C31H60O4. The van der Waals surface area contributed by atoms with Crippen molar-refractivity contribution in [3.8, 4) is 0 Å². The summed E-state index contributed by atoms with van der Waals surface area (Å²) in [5.41, 5.74) is 0. The third kappa shape index (κ3) is 23.1. The first-order valence-electron chi connectivity index (χ1n) is 15.1. The Kier molecular flexibility index (Phi) is 22.6. The Hall–Kier alpha value is -1.06. The molecule has 4 nitrogen and oxygen atoms in total. The minimum atomic E-state index is -0.0300. The van der Waals surface area contributed by atoms with Crippen molar-refractivity contribution in [1.82, 2.24) is 0 Å². The van der Waals surface area contributed by atoms with E-state index in [-0.39, 0.29) is 17.9 Å². The number of carbonyl (C=O) groups excluding carboxylic acids is 2. The van der Waals surface area contributed by atoms with E-state index in [1.807, 2.05) is 0 Å². The molecule has 0 aliphatic rings. The van der Waals surface area contributed by atoms with Gasteiger partial charge >= 0.3 is 11.9 Å². The van der Waals surface area contributed by atoms with Crippen molar-refractivity contribution in [2.24, 2.45) is 23.7 Å². The molecule has 0 aliphatic carbocycles. The fourth-order valence-electron chi connectivity index (χ4n) is 4.34. The van der Waals surface area contributed by atoms with Crippen molar-refractivity contribution in [1.29, 1.82) is 0 Å². The third-order valence-electron chi connectivity index (χ3n) is 6.64. The Morgan fingerprint density at radius 1 is 0.514 bits per heavy atom. The van der Waals surface area contributed by atoms with Gasteiger partial charge < -0.3 is 9.47 Å². The van der Waals surface area contributed by atoms with Gasteiger partial charge in [-0.2, -0.15) is 0 Å². The summed E-state index contributed by atoms with van der Waals surface area (Å²) in [5, 5.41) is 0. The maximum atomic E-state index is 12.3. The van der Waals surface area contributed by atoms with E-state index in [0.29, 0.717) is 37.4 Å². The summed E-state index contributed by atoms with van der Waals surface area (Å²) >= 11 is 0. The first-order valence-corrected chi connectivity index (χ1v) is 15.1. The molecule has 0 N–H and O–H groups in total. The minimum absolute atomic E-state index is 0.00723. The van der Waals surface area contributed by atoms with Crippen LogP contribution in [0.1, 0.15) is 151 Å². The van der Waals surface area contributed by atoms with Crippen LogP contribution < -0.4 is 0 Å². The summed E-state index contributed by atoms with van der Waals surface area (Å²) in [7, 11) is 0. The molecule has 4 heteroatoms. The Balaban J connectivity index is 3.42. The van der Waals surface area contributed by atoms with Gasteiger partial charge in [0, 0.05) is 6.42 Å². The summed E-state index contributed by atoms with van der Waals surface area (Å²) < 4.78 is 10.7. The predicted molar refractivity (Wildman–Crippen MR) is 148 cm³/mol. The lowest BCUT2D eigenvalue weighted by atomic mass is 9.90. The molecule has 0 rings (SSSR count). The average molecular weight is 497 g/mol. The highest BCUT2D eigenvalue weighted by atomic mass is 16.5. The highest BCUT2D eigenvalue weighted by Gasteiger charge is 2.23. The molecule has 0 radical (unpaired) electrons. The van der Waals surface area contributed by atoms with E-state index in [9.17, 15) is 9.59 Å². The lowest BCUT2D eigenvalue weighted by molar-refractivity contribution is -0.151. The molecule has 0 aromatic rings. The molecule has 0 bridgehead atoms. The number of unbranched alkanes of at least 4 members (excludes halogenated alkanes) is 14. The number of esters is 2. The van der Waals surface area contributed by atoms with Crippen LogP contribution in [0.5, 0.6) is 0 Å². The van der Waals surface area contributed by atoms with Crippen LogP contribution in [0.2, 0.25) is 0 Å². The van der Waals surface area contributed by atoms with Crippen LogP contribution in [0.15, 0.2) is 0 Å². The first-order chi connectivity index (χ1) is 16.7. The van der Waals surface area contributed by atoms with Crippen LogP contribution in [0.4, 0.5) is 0 Å². The molecule has 0 aromatic heterocycles. The van der Waals surface area contributed by atoms with Gasteiger partial charge in [-0.25, -0.2) is 0 Å². The topological polar surface area (TPSA) is 52.6 Å². The van der Waals surface area contributed by atoms with Gasteiger partial charge in [0.1, 0.15) is 0 Å². The number of carbonyl (C=O) groups is 2. The van der Waals surface area contributed by atoms with Gasteiger partial charge in [0.15, 0.2) is 0 Å². The van der Waals surface area contributed by atoms with Gasteiger partial charge in [0.05, 0.1) is 19.1 Å². The van der Waals surface area contributed by atoms with Crippen LogP contribution in [0, 0.1) is 23.7 Å². The third-order valence-corrected chi connectivity index (χ3v) is 6.64. The smallest absolute Gasteiger partial charge is 0.309 e. The molecule has 35 heavy (non-hydrogen) atoms. The second kappa shape index (κ2) is 23.3. The predicted octanol–water partition coefficient (Wildman–Crippen LogP) is 9.29. The van der Waals surface area contributed by atoms with E-state index in [1.54, 1.807) is 0 Å². The van der Waals surface area contributed by atoms with Crippen molar-refractivity contribution in [3.63, 3.8) is 0 Å². The number of hydrogen-bond donors (Lipinski definition) is 0. The molecule has 1 atom stereocenters. The van der Waals surface area contributed by atoms with E-state index < -0.39 is 0 Å². The van der Waals surface area contributed by atoms with Crippen LogP contribution in [-0.4, -0.2) is 25.2 Å². The summed E-state index contributed by atoms with van der Waals surface area (Å²) in [6.07, 6.45) is 20.7. The molecular weight excluding hydrogens is 436 g/mol. The summed E-state index contributed by atoms with van der Waals surface area (Å²) in [6.45, 7) is 13.7. The quantitative estimate of drug-likeness (QED) is 0.0986. The second-order valence-corrected chi connectivity index (χ2v) is 11.8. The van der Waals surface area contributed by atoms with Gasteiger partial charge in [-0.3, -0.25) is 9.59 Å². The van der Waals surface area contributed by atoms with E-state index in [2.05, 4.69) is 41.5 Å². The highest BCUT2D eigenvalue weighted by Crippen LogP contribution is 2.22. The molecule has 0 aromatic carbocycles. The molecule has 208 valence electrons. The fraction of sp³-hybridized carbons (Fsp3) is 0.935. The normalized spacial score (nSPS) is 12.5. The zero-order valence-electron chi connectivity index (χ0n) is 24.4. The average Bonchev–Trinajstić information content (AvgIpc) is 2.80. The standard InChI is InChI=1S/C31H60O4/c1-26(2)24-34-30(32)23-21-19-17-15-13-11-9-7-8-10-12-14-16-18-20-22-29(28(5)6)31(33)35-25-27(3)4/h26-29H,7-25H2,1-6H3. The monoisotopic (exact) mass is 496 g/mol. The molecule has 0 spiro atoms. The van der Waals surface area contributed by atoms with Crippen molar-refractivity contribution < 1.29 is 19.1 Å². The van der Waals surface area contributed by atoms with Gasteiger partial charge in [0.25, 0.3) is 0 Å². The molecule has 0 aliphatic heterocycles. The number of ether oxygens (including phenoxy) is 2. The van der Waals surface area contributed by atoms with E-state index in [0.717, 1.165) is 25.7 Å². The summed E-state index contributed by atoms with van der Waals surface area (Å²) in [4.78, 5) is 23.9. The van der Waals surface area contributed by atoms with Crippen LogP contribution in [0.3, 0.4) is 0 Å². The molecule has 0 saturated heterocycles. The van der Waals surface area contributed by atoms with Gasteiger partial charge in [-0.1, -0.05) is 131 Å². The Bertz CT molecular complexity index is 498. The second-order valence-electron chi connectivity index (χ2n) is 11.8. The Morgan fingerprint density at radius 2 is 0.886 bits per heavy atom. The zero-order valence-corrected chi connectivity index (χ0v) is 24.4. The molecule has 0 saturated carbocycles. The minimum Gasteiger partial charge on any atom is -0.465 e. The van der Waals surface area contributed by atoms with E-state index in [1.165, 1.54) is 77.0 Å². The molecule has 1 unspecified atom stereocenters. The van der Waals surface area contributed by atoms with Crippen molar-refractivity contribution in [3.05, 3.63) is 0 Å². The van der Waals surface area contributed by atoms with Gasteiger partial charge in [-0.15, -0.1) is 0 Å². The van der Waals surface area contributed by atoms with E-state index in [4.69, 9.17) is 9.47 Å². The van der Waals surface area contributed by atoms with Crippen LogP contribution >= 0.6 is 0 Å². The van der Waals surface area contributed by atoms with Crippen molar-refractivity contribution >= 4 is 11.9 Å². The largest absolute Gasteiger partial charge is 0.465 e. The van der Waals surface area contributed by atoms with Gasteiger partial charge in [0.2, 0.25) is 0 Å². The SMILES string of the molecule is CC(C)COC(=O)CCCCCCCCCCCCCCCCCC(C(=O)OCC(C)C)C(C)C. The fourth-order valence-corrected chi connectivity index (χ4v) is 4.34. The maximum absolute atomic E-state index is 12.3. The Morgan fingerprint density at radius 3 is 1.29 bits per heavy atom. The summed E-state index contributed by atoms with van der Waals surface area (Å²) in [5.74, 6) is 1.23.